The Balaban J connectivity index is 2.41. The van der Waals surface area contributed by atoms with Crippen molar-refractivity contribution < 1.29 is 13.2 Å². The molecular weight excluding hydrogens is 424 g/mol. The van der Waals surface area contributed by atoms with E-state index >= 15 is 0 Å². The minimum absolute atomic E-state index is 0.128. The number of sulfone groups is 1. The summed E-state index contributed by atoms with van der Waals surface area (Å²) < 4.78 is 25.9. The Kier molecular flexibility index (Phi) is 4.80. The van der Waals surface area contributed by atoms with Gasteiger partial charge in [0, 0.05) is 12.6 Å². The molecule has 0 spiro atoms. The molecule has 1 heterocycles. The minimum Gasteiger partial charge on any atom is -0.326 e. The van der Waals surface area contributed by atoms with E-state index in [1.807, 2.05) is 0 Å². The smallest absolute Gasteiger partial charge is 0.221 e. The minimum atomic E-state index is -3.64. The summed E-state index contributed by atoms with van der Waals surface area (Å²) in [6.45, 7) is 1.39. The predicted molar refractivity (Wildman–Crippen MR) is 85.8 cm³/mol. The molecule has 0 atom stereocenters. The first kappa shape index (κ1) is 16.1. The summed E-state index contributed by atoms with van der Waals surface area (Å²) >= 11 is 6.33. The van der Waals surface area contributed by atoms with Gasteiger partial charge < -0.3 is 5.32 Å². The maximum absolute atomic E-state index is 12.5. The van der Waals surface area contributed by atoms with Crippen LogP contribution in [0.5, 0.6) is 0 Å². The number of rotatable bonds is 3. The lowest BCUT2D eigenvalue weighted by atomic mass is 10.3. The predicted octanol–water partition coefficient (Wildman–Crippen LogP) is 3.40. The molecule has 0 saturated heterocycles. The van der Waals surface area contributed by atoms with Crippen LogP contribution in [0.3, 0.4) is 0 Å². The largest absolute Gasteiger partial charge is 0.326 e. The highest BCUT2D eigenvalue weighted by molar-refractivity contribution is 9.11. The van der Waals surface area contributed by atoms with Crippen LogP contribution in [0.1, 0.15) is 6.92 Å². The molecule has 0 bridgehead atoms. The number of anilines is 1. The molecule has 0 aliphatic rings. The lowest BCUT2D eigenvalue weighted by Crippen LogP contribution is -2.06. The number of amides is 1. The summed E-state index contributed by atoms with van der Waals surface area (Å²) in [7, 11) is -3.64. The van der Waals surface area contributed by atoms with Crippen LogP contribution >= 0.6 is 31.9 Å². The van der Waals surface area contributed by atoms with E-state index in [9.17, 15) is 13.2 Å². The molecule has 110 valence electrons. The average Bonchev–Trinajstić information content (AvgIpc) is 2.37. The zero-order valence-corrected chi connectivity index (χ0v) is 14.8. The van der Waals surface area contributed by atoms with Gasteiger partial charge in [0.05, 0.1) is 9.79 Å². The van der Waals surface area contributed by atoms with Gasteiger partial charge in [0.15, 0.2) is 0 Å². The lowest BCUT2D eigenvalue weighted by Gasteiger charge is -2.07. The summed E-state index contributed by atoms with van der Waals surface area (Å²) in [5, 5.41) is 2.58. The molecule has 5 nitrogen and oxygen atoms in total. The number of carbonyl (C=O) groups is 1. The highest BCUT2D eigenvalue weighted by Crippen LogP contribution is 2.26. The number of hydrogen-bond donors (Lipinski definition) is 1. The zero-order valence-electron chi connectivity index (χ0n) is 10.8. The van der Waals surface area contributed by atoms with Gasteiger partial charge >= 0.3 is 0 Å². The van der Waals surface area contributed by atoms with E-state index in [4.69, 9.17) is 0 Å². The molecule has 1 aromatic heterocycles. The van der Waals surface area contributed by atoms with Crippen molar-refractivity contribution in [3.05, 3.63) is 45.6 Å². The molecule has 1 N–H and O–H groups in total. The Morgan fingerprint density at radius 1 is 1.05 bits per heavy atom. The van der Waals surface area contributed by atoms with Crippen LogP contribution in [0, 0.1) is 0 Å². The number of hydrogen-bond acceptors (Lipinski definition) is 4. The number of benzene rings is 1. The van der Waals surface area contributed by atoms with Gasteiger partial charge in [-0.15, -0.1) is 0 Å². The molecule has 2 aromatic rings. The third-order valence-corrected chi connectivity index (χ3v) is 5.09. The maximum Gasteiger partial charge on any atom is 0.221 e. The standard InChI is InChI=1S/C13H10Br2N2O3S/c1-8(18)16-9-2-4-10(5-3-9)21(19,20)11-6-12(14)17-13(15)7-11/h2-7H,1H3,(H,16,18). The van der Waals surface area contributed by atoms with Gasteiger partial charge in [-0.25, -0.2) is 13.4 Å². The summed E-state index contributed by atoms with van der Waals surface area (Å²) in [5.41, 5.74) is 0.540. The Bertz CT molecular complexity index is 769. The van der Waals surface area contributed by atoms with Crippen molar-refractivity contribution in [1.82, 2.24) is 4.98 Å². The fourth-order valence-corrected chi connectivity index (χ4v) is 4.37. The van der Waals surface area contributed by atoms with E-state index in [2.05, 4.69) is 42.2 Å². The van der Waals surface area contributed by atoms with Gasteiger partial charge in [0.25, 0.3) is 0 Å². The van der Waals surface area contributed by atoms with Crippen LogP contribution < -0.4 is 5.32 Å². The molecule has 8 heteroatoms. The van der Waals surface area contributed by atoms with Crippen LogP contribution in [0.15, 0.2) is 55.4 Å². The van der Waals surface area contributed by atoms with Crippen molar-refractivity contribution in [2.24, 2.45) is 0 Å². The van der Waals surface area contributed by atoms with Crippen molar-refractivity contribution in [2.75, 3.05) is 5.32 Å². The summed E-state index contributed by atoms with van der Waals surface area (Å²) in [5.74, 6) is -0.215. The molecule has 0 unspecified atom stereocenters. The molecule has 0 radical (unpaired) electrons. The first-order chi connectivity index (χ1) is 9.79. The second-order valence-electron chi connectivity index (χ2n) is 4.16. The zero-order chi connectivity index (χ0) is 15.6. The van der Waals surface area contributed by atoms with E-state index in [0.717, 1.165) is 0 Å². The topological polar surface area (TPSA) is 76.1 Å². The molecule has 0 fully saturated rings. The molecule has 0 saturated carbocycles. The molecular formula is C13H10Br2N2O3S. The van der Waals surface area contributed by atoms with Crippen LogP contribution in [0.4, 0.5) is 5.69 Å². The van der Waals surface area contributed by atoms with Gasteiger partial charge in [-0.3, -0.25) is 4.79 Å². The normalized spacial score (nSPS) is 11.2. The fraction of sp³-hybridized carbons (Fsp3) is 0.0769. The number of halogens is 2. The van der Waals surface area contributed by atoms with Crippen molar-refractivity contribution >= 4 is 53.3 Å². The van der Waals surface area contributed by atoms with Crippen molar-refractivity contribution in [3.8, 4) is 0 Å². The van der Waals surface area contributed by atoms with Gasteiger partial charge in [-0.05, 0) is 68.3 Å². The molecule has 0 aliphatic heterocycles. The Morgan fingerprint density at radius 2 is 1.57 bits per heavy atom. The Hall–Kier alpha value is -1.25. The number of nitrogens with one attached hydrogen (secondary N) is 1. The van der Waals surface area contributed by atoms with E-state index in [0.29, 0.717) is 14.9 Å². The molecule has 1 aromatic carbocycles. The third kappa shape index (κ3) is 3.90. The van der Waals surface area contributed by atoms with Crippen molar-refractivity contribution in [1.29, 1.82) is 0 Å². The maximum atomic E-state index is 12.5. The van der Waals surface area contributed by atoms with E-state index in [1.165, 1.54) is 31.2 Å². The second kappa shape index (κ2) is 6.25. The van der Waals surface area contributed by atoms with E-state index in [-0.39, 0.29) is 15.7 Å². The Morgan fingerprint density at radius 3 is 2.05 bits per heavy atom. The van der Waals surface area contributed by atoms with Gasteiger partial charge in [0.1, 0.15) is 9.21 Å². The van der Waals surface area contributed by atoms with Crippen LogP contribution in [-0.4, -0.2) is 19.3 Å². The van der Waals surface area contributed by atoms with Crippen molar-refractivity contribution in [3.63, 3.8) is 0 Å². The highest BCUT2D eigenvalue weighted by atomic mass is 79.9. The van der Waals surface area contributed by atoms with E-state index < -0.39 is 9.84 Å². The fourth-order valence-electron chi connectivity index (χ4n) is 1.65. The van der Waals surface area contributed by atoms with Crippen molar-refractivity contribution in [2.45, 2.75) is 16.7 Å². The SMILES string of the molecule is CC(=O)Nc1ccc(S(=O)(=O)c2cc(Br)nc(Br)c2)cc1. The van der Waals surface area contributed by atoms with Crippen LogP contribution in [0.25, 0.3) is 0 Å². The first-order valence-corrected chi connectivity index (χ1v) is 8.82. The molecule has 21 heavy (non-hydrogen) atoms. The molecule has 2 rings (SSSR count). The number of carbonyl (C=O) groups excluding carboxylic acids is 1. The number of pyridine rings is 1. The Labute approximate surface area is 139 Å². The van der Waals surface area contributed by atoms with Gasteiger partial charge in [-0.1, -0.05) is 0 Å². The van der Waals surface area contributed by atoms with E-state index in [1.54, 1.807) is 12.1 Å². The monoisotopic (exact) mass is 432 g/mol. The highest BCUT2D eigenvalue weighted by Gasteiger charge is 2.19. The lowest BCUT2D eigenvalue weighted by molar-refractivity contribution is -0.114. The van der Waals surface area contributed by atoms with Crippen LogP contribution in [-0.2, 0) is 14.6 Å². The third-order valence-electron chi connectivity index (χ3n) is 2.53. The van der Waals surface area contributed by atoms with Gasteiger partial charge in [0.2, 0.25) is 15.7 Å². The average molecular weight is 434 g/mol. The second-order valence-corrected chi connectivity index (χ2v) is 7.73. The van der Waals surface area contributed by atoms with Crippen LogP contribution in [0.2, 0.25) is 0 Å². The number of aromatic nitrogens is 1. The quantitative estimate of drug-likeness (QED) is 0.752. The summed E-state index contributed by atoms with van der Waals surface area (Å²) in [6, 6.07) is 8.84. The summed E-state index contributed by atoms with van der Waals surface area (Å²) in [6.07, 6.45) is 0. The molecule has 1 amide bonds. The summed E-state index contributed by atoms with van der Waals surface area (Å²) in [4.78, 5) is 15.2. The number of nitrogens with zero attached hydrogens (tertiary/aromatic N) is 1. The first-order valence-electron chi connectivity index (χ1n) is 5.75. The van der Waals surface area contributed by atoms with Gasteiger partial charge in [-0.2, -0.15) is 0 Å². The molecule has 0 aliphatic carbocycles.